The van der Waals surface area contributed by atoms with Gasteiger partial charge in [0, 0.05) is 49.1 Å². The van der Waals surface area contributed by atoms with Crippen LogP contribution in [-0.4, -0.2) is 80.1 Å². The summed E-state index contributed by atoms with van der Waals surface area (Å²) >= 11 is 0. The number of pyridine rings is 2. The molecule has 2 aliphatic heterocycles. The largest absolute Gasteiger partial charge is 0.481 e. The number of primary amides is 2. The highest BCUT2D eigenvalue weighted by Gasteiger charge is 2.21. The summed E-state index contributed by atoms with van der Waals surface area (Å²) in [4.78, 5) is 55.3. The molecule has 2 aromatic heterocycles. The minimum absolute atomic E-state index is 0.00363. The third-order valence-electron chi connectivity index (χ3n) is 8.08. The maximum atomic E-state index is 14.4. The second-order valence-corrected chi connectivity index (χ2v) is 11.9. The zero-order chi connectivity index (χ0) is 38.1. The van der Waals surface area contributed by atoms with Crippen LogP contribution in [0.2, 0.25) is 0 Å². The van der Waals surface area contributed by atoms with Gasteiger partial charge in [-0.2, -0.15) is 0 Å². The van der Waals surface area contributed by atoms with Crippen LogP contribution in [0.3, 0.4) is 0 Å². The molecule has 2 saturated heterocycles. The number of nitrogens with one attached hydrogen (secondary N) is 4. The molecule has 0 unspecified atom stereocenters. The summed E-state index contributed by atoms with van der Waals surface area (Å²) < 4.78 is 45.0. The molecule has 8 N–H and O–H groups in total. The molecule has 53 heavy (non-hydrogen) atoms. The van der Waals surface area contributed by atoms with Crippen LogP contribution in [0, 0.1) is 18.6 Å². The van der Waals surface area contributed by atoms with E-state index in [1.165, 1.54) is 55.6 Å². The van der Waals surface area contributed by atoms with Crippen molar-refractivity contribution in [3.05, 3.63) is 112 Å². The second-order valence-electron chi connectivity index (χ2n) is 11.9. The van der Waals surface area contributed by atoms with Gasteiger partial charge in [-0.1, -0.05) is 12.1 Å². The van der Waals surface area contributed by atoms with Gasteiger partial charge in [-0.25, -0.2) is 18.7 Å². The molecule has 15 nitrogen and oxygen atoms in total. The number of halogens is 2. The Hall–Kier alpha value is -5.88. The summed E-state index contributed by atoms with van der Waals surface area (Å²) in [6.07, 6.45) is -0.454. The summed E-state index contributed by atoms with van der Waals surface area (Å²) in [5.41, 5.74) is 12.4. The van der Waals surface area contributed by atoms with Crippen LogP contribution in [0.15, 0.2) is 60.7 Å². The standard InChI is InChI=1S/C18H19FN4O4.C18H19FN4O3/c1-26-16-8-11(7-14(22-16)17(20)24)18(25)23-13-3-2-10(6-12(13)19)15-9-21-4-5-27-15;1-10-6-12(8-15(22-10)17(20)24)18(25)23-14-3-2-11(7-13(14)19)16-9-21-4-5-26-16/h2-3,6-8,15,21H,4-5,9H2,1H3,(H2,20,24)(H,23,25);2-3,6-8,16,21H,4-5,9H2,1H3,(H2,20,24)(H,23,25)/t15-;16-/m11/s1. The summed E-state index contributed by atoms with van der Waals surface area (Å²) in [6, 6.07) is 14.4. The number of nitrogens with zero attached hydrogens (tertiary/aromatic N) is 2. The number of benzene rings is 2. The van der Waals surface area contributed by atoms with E-state index < -0.39 is 35.3 Å². The van der Waals surface area contributed by atoms with E-state index in [2.05, 4.69) is 31.2 Å². The first kappa shape index (κ1) is 38.4. The Kier molecular flexibility index (Phi) is 12.7. The lowest BCUT2D eigenvalue weighted by Gasteiger charge is -2.24. The van der Waals surface area contributed by atoms with Crippen LogP contribution in [0.1, 0.15) is 70.7 Å². The highest BCUT2D eigenvalue weighted by Crippen LogP contribution is 2.26. The van der Waals surface area contributed by atoms with Crippen LogP contribution < -0.4 is 37.5 Å². The predicted octanol–water partition coefficient (Wildman–Crippen LogP) is 2.78. The fourth-order valence-corrected chi connectivity index (χ4v) is 5.41. The maximum absolute atomic E-state index is 14.4. The van der Waals surface area contributed by atoms with Gasteiger partial charge in [-0.3, -0.25) is 19.2 Å². The predicted molar refractivity (Wildman–Crippen MR) is 189 cm³/mol. The number of nitrogens with two attached hydrogens (primary N) is 2. The number of morpholine rings is 2. The van der Waals surface area contributed by atoms with Gasteiger partial charge >= 0.3 is 0 Å². The smallest absolute Gasteiger partial charge is 0.267 e. The molecule has 0 bridgehead atoms. The average molecular weight is 733 g/mol. The molecule has 0 spiro atoms. The lowest BCUT2D eigenvalue weighted by molar-refractivity contribution is 0.0275. The van der Waals surface area contributed by atoms with Crippen LogP contribution in [-0.2, 0) is 9.47 Å². The van der Waals surface area contributed by atoms with Crippen LogP contribution >= 0.6 is 0 Å². The molecule has 278 valence electrons. The van der Waals surface area contributed by atoms with E-state index in [1.54, 1.807) is 19.1 Å². The van der Waals surface area contributed by atoms with Gasteiger partial charge in [0.15, 0.2) is 0 Å². The number of carbonyl (C=O) groups is 4. The molecule has 2 aliphatic rings. The Morgan fingerprint density at radius 3 is 1.62 bits per heavy atom. The molecular formula is C36H38F2N8O7. The van der Waals surface area contributed by atoms with Crippen molar-refractivity contribution in [1.29, 1.82) is 0 Å². The topological polar surface area (TPSA) is 222 Å². The number of hydrogen-bond donors (Lipinski definition) is 6. The number of carbonyl (C=O) groups excluding carboxylic acids is 4. The van der Waals surface area contributed by atoms with Crippen LogP contribution in [0.25, 0.3) is 0 Å². The minimum Gasteiger partial charge on any atom is -0.481 e. The Morgan fingerprint density at radius 1 is 0.736 bits per heavy atom. The number of anilines is 2. The van der Waals surface area contributed by atoms with E-state index in [1.807, 2.05) is 0 Å². The number of rotatable bonds is 9. The van der Waals surface area contributed by atoms with Crippen LogP contribution in [0.5, 0.6) is 5.88 Å². The maximum Gasteiger partial charge on any atom is 0.267 e. The number of aryl methyl sites for hydroxylation is 1. The molecular weight excluding hydrogens is 694 g/mol. The third-order valence-corrected chi connectivity index (χ3v) is 8.08. The SMILES string of the molecule is COc1cc(C(=O)Nc2ccc([C@H]3CNCCO3)cc2F)cc(C(N)=O)n1.Cc1cc(C(=O)Nc2ccc([C@H]3CNCCO3)cc2F)cc(C(N)=O)n1. The first-order valence-corrected chi connectivity index (χ1v) is 16.4. The molecule has 2 fully saturated rings. The number of amides is 4. The Morgan fingerprint density at radius 2 is 1.21 bits per heavy atom. The summed E-state index contributed by atoms with van der Waals surface area (Å²) in [5, 5.41) is 11.3. The molecule has 2 atom stereocenters. The van der Waals surface area contributed by atoms with Crippen molar-refractivity contribution in [3.8, 4) is 5.88 Å². The molecule has 0 saturated carbocycles. The summed E-state index contributed by atoms with van der Waals surface area (Å²) in [5.74, 6) is -3.83. The molecule has 4 amide bonds. The molecule has 6 rings (SSSR count). The van der Waals surface area contributed by atoms with Gasteiger partial charge in [0.25, 0.3) is 23.6 Å². The average Bonchev–Trinajstić information content (AvgIpc) is 3.16. The minimum atomic E-state index is -0.806. The second kappa shape index (κ2) is 17.6. The van der Waals surface area contributed by atoms with E-state index in [-0.39, 0.29) is 52.0 Å². The van der Waals surface area contributed by atoms with Crippen molar-refractivity contribution >= 4 is 35.0 Å². The van der Waals surface area contributed by atoms with E-state index in [4.69, 9.17) is 25.7 Å². The van der Waals surface area contributed by atoms with E-state index in [0.717, 1.165) is 13.1 Å². The van der Waals surface area contributed by atoms with E-state index in [9.17, 15) is 28.0 Å². The van der Waals surface area contributed by atoms with Crippen molar-refractivity contribution in [2.45, 2.75) is 19.1 Å². The zero-order valence-corrected chi connectivity index (χ0v) is 28.8. The monoisotopic (exact) mass is 732 g/mol. The number of methoxy groups -OCH3 is 1. The van der Waals surface area contributed by atoms with E-state index >= 15 is 0 Å². The Labute approximate surface area is 302 Å². The lowest BCUT2D eigenvalue weighted by atomic mass is 10.1. The van der Waals surface area contributed by atoms with Crippen molar-refractivity contribution < 1.29 is 42.2 Å². The van der Waals surface area contributed by atoms with Crippen molar-refractivity contribution in [3.63, 3.8) is 0 Å². The van der Waals surface area contributed by atoms with Crippen LogP contribution in [0.4, 0.5) is 20.2 Å². The number of ether oxygens (including phenoxy) is 3. The summed E-state index contributed by atoms with van der Waals surface area (Å²) in [6.45, 7) is 5.48. The first-order valence-electron chi connectivity index (χ1n) is 16.4. The quantitative estimate of drug-likeness (QED) is 0.147. The van der Waals surface area contributed by atoms with Gasteiger partial charge in [0.2, 0.25) is 5.88 Å². The zero-order valence-electron chi connectivity index (χ0n) is 28.8. The van der Waals surface area contributed by atoms with Crippen molar-refractivity contribution in [2.75, 3.05) is 57.1 Å². The number of aromatic nitrogens is 2. The Bertz CT molecular complexity index is 2000. The van der Waals surface area contributed by atoms with Gasteiger partial charge in [0.1, 0.15) is 23.0 Å². The van der Waals surface area contributed by atoms with Gasteiger partial charge < -0.3 is 46.9 Å². The summed E-state index contributed by atoms with van der Waals surface area (Å²) in [7, 11) is 1.34. The first-order chi connectivity index (χ1) is 25.4. The van der Waals surface area contributed by atoms with Gasteiger partial charge in [0.05, 0.1) is 43.9 Å². The highest BCUT2D eigenvalue weighted by molar-refractivity contribution is 6.06. The molecule has 0 radical (unpaired) electrons. The third kappa shape index (κ3) is 10.1. The molecule has 0 aliphatic carbocycles. The Balaban J connectivity index is 0.000000204. The molecule has 4 aromatic rings. The van der Waals surface area contributed by atoms with E-state index in [0.29, 0.717) is 43.1 Å². The lowest BCUT2D eigenvalue weighted by Crippen LogP contribution is -2.33. The fraction of sp³-hybridized carbons (Fsp3) is 0.278. The van der Waals surface area contributed by atoms with Gasteiger partial charge in [-0.15, -0.1) is 0 Å². The fourth-order valence-electron chi connectivity index (χ4n) is 5.41. The van der Waals surface area contributed by atoms with Crippen molar-refractivity contribution in [1.82, 2.24) is 20.6 Å². The van der Waals surface area contributed by atoms with Crippen molar-refractivity contribution in [2.24, 2.45) is 11.5 Å². The highest BCUT2D eigenvalue weighted by atomic mass is 19.1. The molecule has 17 heteroatoms. The number of hydrogen-bond acceptors (Lipinski definition) is 11. The molecule has 2 aromatic carbocycles. The van der Waals surface area contributed by atoms with Gasteiger partial charge in [-0.05, 0) is 60.5 Å². The molecule has 4 heterocycles. The normalized spacial score (nSPS) is 16.8.